The molecule has 2 N–H and O–H groups in total. The summed E-state index contributed by atoms with van der Waals surface area (Å²) in [7, 11) is 0. The van der Waals surface area contributed by atoms with Gasteiger partial charge in [0.15, 0.2) is 0 Å². The monoisotopic (exact) mass is 314 g/mol. The first kappa shape index (κ1) is 14.4. The smallest absolute Gasteiger partial charge is 0.224 e. The summed E-state index contributed by atoms with van der Waals surface area (Å²) < 4.78 is 5.26. The van der Waals surface area contributed by atoms with Crippen LogP contribution in [0.3, 0.4) is 0 Å². The van der Waals surface area contributed by atoms with Gasteiger partial charge in [-0.15, -0.1) is 0 Å². The van der Waals surface area contributed by atoms with E-state index in [0.29, 0.717) is 19.0 Å². The molecular formula is C16H15ClN4O. The van der Waals surface area contributed by atoms with Crippen LogP contribution in [0.5, 0.6) is 0 Å². The predicted octanol–water partition coefficient (Wildman–Crippen LogP) is 3.95. The third-order valence-electron chi connectivity index (χ3n) is 3.04. The Morgan fingerprint density at radius 2 is 1.86 bits per heavy atom. The Balaban J connectivity index is 1.57. The van der Waals surface area contributed by atoms with Gasteiger partial charge in [0.25, 0.3) is 0 Å². The van der Waals surface area contributed by atoms with E-state index >= 15 is 0 Å². The Morgan fingerprint density at radius 1 is 1.00 bits per heavy atom. The van der Waals surface area contributed by atoms with Crippen molar-refractivity contribution in [2.75, 3.05) is 10.6 Å². The number of nitrogens with zero attached hydrogens (tertiary/aromatic N) is 2. The van der Waals surface area contributed by atoms with Gasteiger partial charge in [0.05, 0.1) is 12.8 Å². The highest BCUT2D eigenvalue weighted by atomic mass is 35.5. The van der Waals surface area contributed by atoms with Crippen molar-refractivity contribution >= 4 is 23.4 Å². The summed E-state index contributed by atoms with van der Waals surface area (Å²) in [5, 5.41) is 7.11. The van der Waals surface area contributed by atoms with E-state index in [2.05, 4.69) is 20.6 Å². The average Bonchev–Trinajstić information content (AvgIpc) is 3.06. The Morgan fingerprint density at radius 3 is 2.64 bits per heavy atom. The normalized spacial score (nSPS) is 10.4. The summed E-state index contributed by atoms with van der Waals surface area (Å²) in [4.78, 5) is 8.59. The largest absolute Gasteiger partial charge is 0.467 e. The zero-order valence-electron chi connectivity index (χ0n) is 11.8. The molecule has 0 saturated heterocycles. The summed E-state index contributed by atoms with van der Waals surface area (Å²) in [6, 6.07) is 13.3. The van der Waals surface area contributed by atoms with Gasteiger partial charge in [-0.25, -0.2) is 4.98 Å². The SMILES string of the molecule is Clc1ccc(CNc2ccnc(NCc3ccco3)n2)cc1. The molecule has 2 heterocycles. The lowest BCUT2D eigenvalue weighted by Gasteiger charge is -2.08. The number of hydrogen-bond acceptors (Lipinski definition) is 5. The zero-order chi connectivity index (χ0) is 15.2. The number of benzene rings is 1. The third kappa shape index (κ3) is 3.99. The average molecular weight is 315 g/mol. The van der Waals surface area contributed by atoms with Crippen molar-refractivity contribution in [1.82, 2.24) is 9.97 Å². The van der Waals surface area contributed by atoms with Gasteiger partial charge in [0.2, 0.25) is 5.95 Å². The number of furan rings is 1. The summed E-state index contributed by atoms with van der Waals surface area (Å²) in [6.07, 6.45) is 3.35. The minimum atomic E-state index is 0.549. The van der Waals surface area contributed by atoms with Gasteiger partial charge in [-0.3, -0.25) is 0 Å². The fraction of sp³-hybridized carbons (Fsp3) is 0.125. The van der Waals surface area contributed by atoms with Crippen LogP contribution in [0.4, 0.5) is 11.8 Å². The van der Waals surface area contributed by atoms with Crippen LogP contribution < -0.4 is 10.6 Å². The van der Waals surface area contributed by atoms with Crippen molar-refractivity contribution < 1.29 is 4.42 Å². The predicted molar refractivity (Wildman–Crippen MR) is 86.8 cm³/mol. The lowest BCUT2D eigenvalue weighted by atomic mass is 10.2. The summed E-state index contributed by atoms with van der Waals surface area (Å²) in [5.74, 6) is 2.15. The third-order valence-corrected chi connectivity index (χ3v) is 3.30. The minimum absolute atomic E-state index is 0.549. The van der Waals surface area contributed by atoms with E-state index in [1.807, 2.05) is 42.5 Å². The van der Waals surface area contributed by atoms with Gasteiger partial charge in [-0.1, -0.05) is 23.7 Å². The molecule has 0 aliphatic rings. The molecular weight excluding hydrogens is 300 g/mol. The van der Waals surface area contributed by atoms with E-state index in [1.54, 1.807) is 12.5 Å². The molecule has 0 spiro atoms. The van der Waals surface area contributed by atoms with Crippen molar-refractivity contribution in [3.63, 3.8) is 0 Å². The van der Waals surface area contributed by atoms with Crippen LogP contribution in [0.1, 0.15) is 11.3 Å². The first-order valence-corrected chi connectivity index (χ1v) is 7.25. The maximum absolute atomic E-state index is 5.87. The Bertz CT molecular complexity index is 713. The molecule has 1 aromatic carbocycles. The van der Waals surface area contributed by atoms with E-state index in [9.17, 15) is 0 Å². The van der Waals surface area contributed by atoms with Crippen LogP contribution >= 0.6 is 11.6 Å². The van der Waals surface area contributed by atoms with Crippen molar-refractivity contribution in [2.45, 2.75) is 13.1 Å². The number of nitrogens with one attached hydrogen (secondary N) is 2. The molecule has 0 unspecified atom stereocenters. The molecule has 0 aliphatic heterocycles. The Kier molecular flexibility index (Phi) is 4.56. The maximum atomic E-state index is 5.87. The number of hydrogen-bond donors (Lipinski definition) is 2. The topological polar surface area (TPSA) is 63.0 Å². The summed E-state index contributed by atoms with van der Waals surface area (Å²) >= 11 is 5.87. The van der Waals surface area contributed by atoms with Gasteiger partial charge in [0, 0.05) is 17.8 Å². The number of rotatable bonds is 6. The number of aromatic nitrogens is 2. The summed E-state index contributed by atoms with van der Waals surface area (Å²) in [6.45, 7) is 1.22. The fourth-order valence-corrected chi connectivity index (χ4v) is 2.04. The van der Waals surface area contributed by atoms with Gasteiger partial charge in [0.1, 0.15) is 11.6 Å². The van der Waals surface area contributed by atoms with Crippen molar-refractivity contribution in [1.29, 1.82) is 0 Å². The van der Waals surface area contributed by atoms with Crippen LogP contribution in [-0.4, -0.2) is 9.97 Å². The molecule has 0 radical (unpaired) electrons. The van der Waals surface area contributed by atoms with E-state index in [4.69, 9.17) is 16.0 Å². The first-order chi connectivity index (χ1) is 10.8. The lowest BCUT2D eigenvalue weighted by molar-refractivity contribution is 0.517. The molecule has 0 bridgehead atoms. The van der Waals surface area contributed by atoms with Gasteiger partial charge in [-0.05, 0) is 35.9 Å². The highest BCUT2D eigenvalue weighted by Crippen LogP contribution is 2.12. The van der Waals surface area contributed by atoms with Crippen LogP contribution in [0.2, 0.25) is 5.02 Å². The van der Waals surface area contributed by atoms with Crippen LogP contribution in [0, 0.1) is 0 Å². The molecule has 0 amide bonds. The Hall–Kier alpha value is -2.53. The second-order valence-electron chi connectivity index (χ2n) is 4.68. The first-order valence-electron chi connectivity index (χ1n) is 6.87. The molecule has 2 aromatic heterocycles. The van der Waals surface area contributed by atoms with Crippen LogP contribution in [-0.2, 0) is 13.1 Å². The van der Waals surface area contributed by atoms with Crippen molar-refractivity contribution in [3.05, 3.63) is 71.3 Å². The molecule has 3 aromatic rings. The van der Waals surface area contributed by atoms with E-state index in [0.717, 1.165) is 22.2 Å². The molecule has 3 rings (SSSR count). The molecule has 112 valence electrons. The van der Waals surface area contributed by atoms with E-state index in [-0.39, 0.29) is 0 Å². The molecule has 0 saturated carbocycles. The quantitative estimate of drug-likeness (QED) is 0.721. The Labute approximate surface area is 133 Å². The lowest BCUT2D eigenvalue weighted by Crippen LogP contribution is -2.06. The van der Waals surface area contributed by atoms with E-state index in [1.165, 1.54) is 0 Å². The number of halogens is 1. The fourth-order valence-electron chi connectivity index (χ4n) is 1.92. The molecule has 0 atom stereocenters. The van der Waals surface area contributed by atoms with Gasteiger partial charge in [-0.2, -0.15) is 4.98 Å². The highest BCUT2D eigenvalue weighted by Gasteiger charge is 2.01. The standard InChI is InChI=1S/C16H15ClN4O/c17-13-5-3-12(4-6-13)10-19-15-7-8-18-16(21-15)20-11-14-2-1-9-22-14/h1-9H,10-11H2,(H2,18,19,20,21). The number of anilines is 2. The van der Waals surface area contributed by atoms with Crippen molar-refractivity contribution in [3.8, 4) is 0 Å². The molecule has 0 fully saturated rings. The molecule has 0 aliphatic carbocycles. The molecule has 22 heavy (non-hydrogen) atoms. The second-order valence-corrected chi connectivity index (χ2v) is 5.11. The van der Waals surface area contributed by atoms with E-state index < -0.39 is 0 Å². The second kappa shape index (κ2) is 6.95. The molecule has 6 heteroatoms. The molecule has 5 nitrogen and oxygen atoms in total. The minimum Gasteiger partial charge on any atom is -0.467 e. The van der Waals surface area contributed by atoms with Gasteiger partial charge >= 0.3 is 0 Å². The van der Waals surface area contributed by atoms with Crippen molar-refractivity contribution in [2.24, 2.45) is 0 Å². The van der Waals surface area contributed by atoms with Crippen LogP contribution in [0.15, 0.2) is 59.3 Å². The zero-order valence-corrected chi connectivity index (χ0v) is 12.5. The maximum Gasteiger partial charge on any atom is 0.224 e. The summed E-state index contributed by atoms with van der Waals surface area (Å²) in [5.41, 5.74) is 1.13. The van der Waals surface area contributed by atoms with Crippen LogP contribution in [0.25, 0.3) is 0 Å². The highest BCUT2D eigenvalue weighted by molar-refractivity contribution is 6.30. The van der Waals surface area contributed by atoms with Gasteiger partial charge < -0.3 is 15.1 Å².